The molecule has 2 aromatic carbocycles. The van der Waals surface area contributed by atoms with Gasteiger partial charge in [-0.1, -0.05) is 30.3 Å². The lowest BCUT2D eigenvalue weighted by molar-refractivity contribution is 0.0946. The first kappa shape index (κ1) is 18.1. The molecule has 7 nitrogen and oxygen atoms in total. The molecule has 0 atom stereocenters. The summed E-state index contributed by atoms with van der Waals surface area (Å²) in [4.78, 5) is 33.0. The number of ether oxygens (including phenoxy) is 1. The highest BCUT2D eigenvalue weighted by molar-refractivity contribution is 6.07. The largest absolute Gasteiger partial charge is 0.497 e. The molecule has 2 amide bonds. The van der Waals surface area contributed by atoms with Crippen molar-refractivity contribution in [2.45, 2.75) is 6.54 Å². The summed E-state index contributed by atoms with van der Waals surface area (Å²) in [6.07, 6.45) is 2.82. The molecule has 27 heavy (non-hydrogen) atoms. The number of hydrogen-bond acceptors (Lipinski definition) is 5. The zero-order valence-electron chi connectivity index (χ0n) is 14.7. The number of carbonyl (C=O) groups excluding carboxylic acids is 2. The smallest absolute Gasteiger partial charge is 0.274 e. The van der Waals surface area contributed by atoms with Crippen molar-refractivity contribution in [2.75, 3.05) is 12.4 Å². The maximum Gasteiger partial charge on any atom is 0.274 e. The number of hydrogen-bond donors (Lipinski definition) is 2. The molecule has 7 heteroatoms. The Morgan fingerprint density at radius 1 is 0.926 bits per heavy atom. The molecule has 2 N–H and O–H groups in total. The van der Waals surface area contributed by atoms with E-state index >= 15 is 0 Å². The fourth-order valence-corrected chi connectivity index (χ4v) is 2.38. The normalized spacial score (nSPS) is 10.1. The van der Waals surface area contributed by atoms with E-state index in [4.69, 9.17) is 4.74 Å². The van der Waals surface area contributed by atoms with Crippen LogP contribution in [0.1, 0.15) is 26.4 Å². The summed E-state index contributed by atoms with van der Waals surface area (Å²) in [6, 6.07) is 16.1. The van der Waals surface area contributed by atoms with Crippen LogP contribution in [0, 0.1) is 0 Å². The first-order valence-electron chi connectivity index (χ1n) is 8.26. The molecule has 0 aliphatic carbocycles. The predicted octanol–water partition coefficient (Wildman–Crippen LogP) is 2.67. The minimum atomic E-state index is -0.419. The van der Waals surface area contributed by atoms with Crippen LogP contribution in [-0.4, -0.2) is 28.9 Å². The summed E-state index contributed by atoms with van der Waals surface area (Å²) < 4.78 is 5.07. The average molecular weight is 362 g/mol. The monoisotopic (exact) mass is 362 g/mol. The van der Waals surface area contributed by atoms with E-state index in [1.54, 1.807) is 31.4 Å². The standard InChI is InChI=1S/C20H18N4O3/c1-27-16-9-7-15(8-10-16)19(25)24-18-17(21-11-12-22-18)20(26)23-13-14-5-3-2-4-6-14/h2-12H,13H2,1H3,(H,23,26)(H,22,24,25). The Hall–Kier alpha value is -3.74. The number of amides is 2. The zero-order valence-corrected chi connectivity index (χ0v) is 14.7. The summed E-state index contributed by atoms with van der Waals surface area (Å²) >= 11 is 0. The molecule has 0 aliphatic heterocycles. The van der Waals surface area contributed by atoms with Gasteiger partial charge in [-0.2, -0.15) is 0 Å². The fraction of sp³-hybridized carbons (Fsp3) is 0.100. The van der Waals surface area contributed by atoms with Gasteiger partial charge in [0, 0.05) is 24.5 Å². The molecule has 1 heterocycles. The van der Waals surface area contributed by atoms with Crippen LogP contribution >= 0.6 is 0 Å². The summed E-state index contributed by atoms with van der Waals surface area (Å²) in [7, 11) is 1.55. The van der Waals surface area contributed by atoms with Crippen LogP contribution in [0.15, 0.2) is 67.0 Å². The minimum Gasteiger partial charge on any atom is -0.497 e. The van der Waals surface area contributed by atoms with Gasteiger partial charge in [0.05, 0.1) is 7.11 Å². The Balaban J connectivity index is 1.71. The summed E-state index contributed by atoms with van der Waals surface area (Å²) in [6.45, 7) is 0.349. The van der Waals surface area contributed by atoms with Crippen LogP contribution < -0.4 is 15.4 Å². The van der Waals surface area contributed by atoms with Crippen LogP contribution in [0.2, 0.25) is 0 Å². The van der Waals surface area contributed by atoms with Gasteiger partial charge < -0.3 is 15.4 Å². The highest BCUT2D eigenvalue weighted by Gasteiger charge is 2.17. The molecule has 0 fully saturated rings. The van der Waals surface area contributed by atoms with E-state index in [1.165, 1.54) is 12.4 Å². The molecule has 0 spiro atoms. The molecule has 0 radical (unpaired) electrons. The second kappa shape index (κ2) is 8.57. The lowest BCUT2D eigenvalue weighted by Gasteiger charge is -2.10. The molecule has 0 aliphatic rings. The third-order valence-corrected chi connectivity index (χ3v) is 3.79. The molecule has 136 valence electrons. The number of carbonyl (C=O) groups is 2. The van der Waals surface area contributed by atoms with Crippen LogP contribution in [0.25, 0.3) is 0 Å². The minimum absolute atomic E-state index is 0.0512. The van der Waals surface area contributed by atoms with Gasteiger partial charge in [0.2, 0.25) is 0 Å². The molecule has 0 saturated heterocycles. The van der Waals surface area contributed by atoms with Gasteiger partial charge in [-0.15, -0.1) is 0 Å². The molecule has 0 bridgehead atoms. The number of benzene rings is 2. The van der Waals surface area contributed by atoms with Crippen molar-refractivity contribution in [3.63, 3.8) is 0 Å². The SMILES string of the molecule is COc1ccc(C(=O)Nc2nccnc2C(=O)NCc2ccccc2)cc1. The number of nitrogens with zero attached hydrogens (tertiary/aromatic N) is 2. The Morgan fingerprint density at radius 3 is 2.33 bits per heavy atom. The highest BCUT2D eigenvalue weighted by Crippen LogP contribution is 2.14. The van der Waals surface area contributed by atoms with Crippen molar-refractivity contribution < 1.29 is 14.3 Å². The first-order valence-corrected chi connectivity index (χ1v) is 8.26. The fourth-order valence-electron chi connectivity index (χ4n) is 2.38. The average Bonchev–Trinajstić information content (AvgIpc) is 2.73. The van der Waals surface area contributed by atoms with Gasteiger partial charge in [-0.05, 0) is 29.8 Å². The van der Waals surface area contributed by atoms with Gasteiger partial charge in [0.25, 0.3) is 11.8 Å². The van der Waals surface area contributed by atoms with Crippen molar-refractivity contribution in [1.82, 2.24) is 15.3 Å². The number of methoxy groups -OCH3 is 1. The molecular weight excluding hydrogens is 344 g/mol. The van der Waals surface area contributed by atoms with Crippen LogP contribution in [0.4, 0.5) is 5.82 Å². The summed E-state index contributed by atoms with van der Waals surface area (Å²) in [5, 5.41) is 5.40. The molecule has 0 saturated carbocycles. The van der Waals surface area contributed by atoms with E-state index in [0.717, 1.165) is 5.56 Å². The van der Waals surface area contributed by atoms with Gasteiger partial charge in [-0.3, -0.25) is 9.59 Å². The van der Waals surface area contributed by atoms with Crippen molar-refractivity contribution in [3.8, 4) is 5.75 Å². The van der Waals surface area contributed by atoms with Crippen LogP contribution in [0.5, 0.6) is 5.75 Å². The predicted molar refractivity (Wildman–Crippen MR) is 101 cm³/mol. The maximum atomic E-state index is 12.5. The number of rotatable bonds is 6. The Bertz CT molecular complexity index is 927. The molecule has 0 unspecified atom stereocenters. The maximum absolute atomic E-state index is 12.5. The third kappa shape index (κ3) is 4.66. The summed E-state index contributed by atoms with van der Waals surface area (Å²) in [5.74, 6) is -0.0665. The van der Waals surface area contributed by atoms with Gasteiger partial charge in [-0.25, -0.2) is 9.97 Å². The molecule has 3 rings (SSSR count). The lowest BCUT2D eigenvalue weighted by atomic mass is 10.2. The number of anilines is 1. The zero-order chi connectivity index (χ0) is 19.1. The van der Waals surface area contributed by atoms with E-state index in [9.17, 15) is 9.59 Å². The number of nitrogens with one attached hydrogen (secondary N) is 2. The third-order valence-electron chi connectivity index (χ3n) is 3.79. The Labute approximate surface area is 156 Å². The van der Waals surface area contributed by atoms with Crippen molar-refractivity contribution in [3.05, 3.63) is 83.8 Å². The second-order valence-electron chi connectivity index (χ2n) is 5.60. The van der Waals surface area contributed by atoms with E-state index in [-0.39, 0.29) is 11.5 Å². The van der Waals surface area contributed by atoms with Gasteiger partial charge in [0.15, 0.2) is 11.5 Å². The number of aromatic nitrogens is 2. The van der Waals surface area contributed by atoms with E-state index in [0.29, 0.717) is 17.9 Å². The molecule has 3 aromatic rings. The topological polar surface area (TPSA) is 93.2 Å². The summed E-state index contributed by atoms with van der Waals surface area (Å²) in [5.41, 5.74) is 1.42. The van der Waals surface area contributed by atoms with Crippen LogP contribution in [0.3, 0.4) is 0 Å². The van der Waals surface area contributed by atoms with E-state index in [1.807, 2.05) is 30.3 Å². The Morgan fingerprint density at radius 2 is 1.63 bits per heavy atom. The first-order chi connectivity index (χ1) is 13.2. The molecule has 1 aromatic heterocycles. The second-order valence-corrected chi connectivity index (χ2v) is 5.60. The van der Waals surface area contributed by atoms with Gasteiger partial charge in [0.1, 0.15) is 5.75 Å². The van der Waals surface area contributed by atoms with E-state index in [2.05, 4.69) is 20.6 Å². The van der Waals surface area contributed by atoms with Crippen LogP contribution in [-0.2, 0) is 6.54 Å². The van der Waals surface area contributed by atoms with Crippen molar-refractivity contribution in [1.29, 1.82) is 0 Å². The highest BCUT2D eigenvalue weighted by atomic mass is 16.5. The van der Waals surface area contributed by atoms with Crippen molar-refractivity contribution >= 4 is 17.6 Å². The lowest BCUT2D eigenvalue weighted by Crippen LogP contribution is -2.26. The van der Waals surface area contributed by atoms with Crippen molar-refractivity contribution in [2.24, 2.45) is 0 Å². The van der Waals surface area contributed by atoms with Gasteiger partial charge >= 0.3 is 0 Å². The quantitative estimate of drug-likeness (QED) is 0.703. The Kier molecular flexibility index (Phi) is 5.73. The van der Waals surface area contributed by atoms with E-state index < -0.39 is 11.8 Å². The molecular formula is C20H18N4O3.